The molecule has 0 saturated carbocycles. The highest BCUT2D eigenvalue weighted by atomic mass is 32.1. The number of nitrogens with zero attached hydrogens (tertiary/aromatic N) is 3. The fraction of sp³-hybridized carbons (Fsp3) is 0.500. The molecule has 0 unspecified atom stereocenters. The summed E-state index contributed by atoms with van der Waals surface area (Å²) in [5.74, 6) is 0.428. The lowest BCUT2D eigenvalue weighted by Crippen LogP contribution is -2.01. The van der Waals surface area contributed by atoms with Crippen LogP contribution in [0.4, 0.5) is 5.69 Å². The molecule has 17 heavy (non-hydrogen) atoms. The fourth-order valence-electron chi connectivity index (χ4n) is 1.72. The van der Waals surface area contributed by atoms with Gasteiger partial charge < -0.3 is 5.32 Å². The van der Waals surface area contributed by atoms with Crippen molar-refractivity contribution in [2.75, 3.05) is 5.32 Å². The highest BCUT2D eigenvalue weighted by Crippen LogP contribution is 2.23. The molecule has 2 aromatic heterocycles. The Morgan fingerprint density at radius 3 is 2.82 bits per heavy atom. The van der Waals surface area contributed by atoms with Gasteiger partial charge in [0, 0.05) is 24.3 Å². The highest BCUT2D eigenvalue weighted by molar-refractivity contribution is 7.09. The van der Waals surface area contributed by atoms with Crippen molar-refractivity contribution in [2.24, 2.45) is 7.05 Å². The van der Waals surface area contributed by atoms with Gasteiger partial charge in [-0.25, -0.2) is 4.98 Å². The van der Waals surface area contributed by atoms with Crippen LogP contribution in [-0.4, -0.2) is 14.8 Å². The van der Waals surface area contributed by atoms with E-state index in [1.165, 1.54) is 0 Å². The van der Waals surface area contributed by atoms with E-state index in [1.54, 1.807) is 11.3 Å². The lowest BCUT2D eigenvalue weighted by molar-refractivity contribution is 0.713. The van der Waals surface area contributed by atoms with Crippen LogP contribution >= 0.6 is 11.3 Å². The normalized spacial score (nSPS) is 11.1. The first-order valence-corrected chi connectivity index (χ1v) is 6.62. The lowest BCUT2D eigenvalue weighted by Gasteiger charge is -2.06. The minimum absolute atomic E-state index is 0.428. The van der Waals surface area contributed by atoms with Crippen LogP contribution in [0.3, 0.4) is 0 Å². The summed E-state index contributed by atoms with van der Waals surface area (Å²) >= 11 is 1.69. The molecule has 0 bridgehead atoms. The van der Waals surface area contributed by atoms with Crippen LogP contribution < -0.4 is 5.32 Å². The van der Waals surface area contributed by atoms with Gasteiger partial charge >= 0.3 is 0 Å². The summed E-state index contributed by atoms with van der Waals surface area (Å²) in [5, 5.41) is 11.1. The van der Waals surface area contributed by atoms with Crippen molar-refractivity contribution in [3.63, 3.8) is 0 Å². The van der Waals surface area contributed by atoms with E-state index in [0.717, 1.165) is 28.6 Å². The third-order valence-electron chi connectivity index (χ3n) is 2.50. The van der Waals surface area contributed by atoms with Gasteiger partial charge in [-0.15, -0.1) is 11.3 Å². The molecular weight excluding hydrogens is 232 g/mol. The molecule has 0 aliphatic carbocycles. The second-order valence-electron chi connectivity index (χ2n) is 4.49. The second-order valence-corrected chi connectivity index (χ2v) is 5.44. The van der Waals surface area contributed by atoms with E-state index >= 15 is 0 Å². The van der Waals surface area contributed by atoms with Crippen LogP contribution in [0, 0.1) is 6.92 Å². The molecule has 0 saturated heterocycles. The number of aryl methyl sites for hydroxylation is 2. The summed E-state index contributed by atoms with van der Waals surface area (Å²) in [6, 6.07) is 0. The number of anilines is 1. The summed E-state index contributed by atoms with van der Waals surface area (Å²) in [6.45, 7) is 7.09. The molecule has 1 N–H and O–H groups in total. The van der Waals surface area contributed by atoms with Crippen molar-refractivity contribution < 1.29 is 0 Å². The zero-order valence-electron chi connectivity index (χ0n) is 10.7. The molecule has 0 aliphatic rings. The summed E-state index contributed by atoms with van der Waals surface area (Å²) in [4.78, 5) is 4.44. The molecule has 0 aliphatic heterocycles. The predicted molar refractivity (Wildman–Crippen MR) is 71.5 cm³/mol. The largest absolute Gasteiger partial charge is 0.376 e. The molecule has 4 nitrogen and oxygen atoms in total. The lowest BCUT2D eigenvalue weighted by atomic mass is 10.1. The van der Waals surface area contributed by atoms with Crippen molar-refractivity contribution in [1.82, 2.24) is 14.8 Å². The Morgan fingerprint density at radius 1 is 1.47 bits per heavy atom. The average molecular weight is 250 g/mol. The van der Waals surface area contributed by atoms with Gasteiger partial charge in [-0.05, 0) is 12.8 Å². The first-order valence-electron chi connectivity index (χ1n) is 5.74. The maximum absolute atomic E-state index is 4.46. The van der Waals surface area contributed by atoms with Crippen molar-refractivity contribution in [1.29, 1.82) is 0 Å². The Morgan fingerprint density at radius 2 is 2.24 bits per heavy atom. The molecule has 2 aromatic rings. The molecule has 0 amide bonds. The fourth-order valence-corrected chi connectivity index (χ4v) is 2.43. The van der Waals surface area contributed by atoms with Crippen molar-refractivity contribution in [2.45, 2.75) is 33.2 Å². The molecule has 92 valence electrons. The molecule has 0 spiro atoms. The molecule has 0 fully saturated rings. The minimum Gasteiger partial charge on any atom is -0.376 e. The van der Waals surface area contributed by atoms with Gasteiger partial charge in [0.2, 0.25) is 0 Å². The highest BCUT2D eigenvalue weighted by Gasteiger charge is 2.11. The first kappa shape index (κ1) is 12.1. The Balaban J connectivity index is 2.08. The van der Waals surface area contributed by atoms with E-state index in [9.17, 15) is 0 Å². The third kappa shape index (κ3) is 2.85. The Hall–Kier alpha value is -1.36. The third-order valence-corrected chi connectivity index (χ3v) is 3.47. The topological polar surface area (TPSA) is 42.7 Å². The number of rotatable bonds is 4. The zero-order valence-corrected chi connectivity index (χ0v) is 11.5. The average Bonchev–Trinajstić information content (AvgIpc) is 2.82. The number of thiazole rings is 1. The first-order chi connectivity index (χ1) is 8.06. The molecule has 5 heteroatoms. The number of hydrogen-bond donors (Lipinski definition) is 1. The summed E-state index contributed by atoms with van der Waals surface area (Å²) in [7, 11) is 1.95. The van der Waals surface area contributed by atoms with Gasteiger partial charge in [0.1, 0.15) is 5.01 Å². The smallest absolute Gasteiger partial charge is 0.112 e. The molecule has 0 radical (unpaired) electrons. The Bertz CT molecular complexity index is 498. The number of hydrogen-bond acceptors (Lipinski definition) is 4. The van der Waals surface area contributed by atoms with Gasteiger partial charge in [0.15, 0.2) is 0 Å². The minimum atomic E-state index is 0.428. The quantitative estimate of drug-likeness (QED) is 0.907. The SMILES string of the molecule is Cc1csc(CNc2cn(C)nc2C(C)C)n1. The van der Waals surface area contributed by atoms with Crippen molar-refractivity contribution in [3.05, 3.63) is 28.0 Å². The summed E-state index contributed by atoms with van der Waals surface area (Å²) in [6.07, 6.45) is 2.02. The van der Waals surface area contributed by atoms with Gasteiger partial charge in [-0.1, -0.05) is 13.8 Å². The van der Waals surface area contributed by atoms with Gasteiger partial charge in [0.25, 0.3) is 0 Å². The van der Waals surface area contributed by atoms with Gasteiger partial charge in [-0.2, -0.15) is 5.10 Å². The van der Waals surface area contributed by atoms with E-state index in [1.807, 2.05) is 24.9 Å². The van der Waals surface area contributed by atoms with Crippen LogP contribution in [0.1, 0.15) is 36.2 Å². The van der Waals surface area contributed by atoms with Crippen LogP contribution in [0.2, 0.25) is 0 Å². The molecule has 0 aromatic carbocycles. The van der Waals surface area contributed by atoms with Gasteiger partial charge in [0.05, 0.1) is 17.9 Å². The van der Waals surface area contributed by atoms with Crippen molar-refractivity contribution in [3.8, 4) is 0 Å². The molecular formula is C12H18N4S. The summed E-state index contributed by atoms with van der Waals surface area (Å²) < 4.78 is 1.85. The monoisotopic (exact) mass is 250 g/mol. The molecule has 0 atom stereocenters. The van der Waals surface area contributed by atoms with E-state index in [2.05, 4.69) is 34.6 Å². The predicted octanol–water partition coefficient (Wildman–Crippen LogP) is 2.92. The number of nitrogens with one attached hydrogen (secondary N) is 1. The Labute approximate surface area is 106 Å². The van der Waals surface area contributed by atoms with E-state index in [0.29, 0.717) is 5.92 Å². The van der Waals surface area contributed by atoms with Crippen LogP contribution in [0.25, 0.3) is 0 Å². The van der Waals surface area contributed by atoms with E-state index < -0.39 is 0 Å². The van der Waals surface area contributed by atoms with Crippen LogP contribution in [-0.2, 0) is 13.6 Å². The van der Waals surface area contributed by atoms with Crippen molar-refractivity contribution >= 4 is 17.0 Å². The summed E-state index contributed by atoms with van der Waals surface area (Å²) in [5.41, 5.74) is 3.30. The maximum Gasteiger partial charge on any atom is 0.112 e. The molecule has 2 rings (SSSR count). The van der Waals surface area contributed by atoms with Gasteiger partial charge in [-0.3, -0.25) is 4.68 Å². The number of aromatic nitrogens is 3. The van der Waals surface area contributed by atoms with E-state index in [-0.39, 0.29) is 0 Å². The van der Waals surface area contributed by atoms with Crippen LogP contribution in [0.5, 0.6) is 0 Å². The second kappa shape index (κ2) is 4.87. The maximum atomic E-state index is 4.46. The Kier molecular flexibility index (Phi) is 3.47. The van der Waals surface area contributed by atoms with Crippen LogP contribution in [0.15, 0.2) is 11.6 Å². The standard InChI is InChI=1S/C12H18N4S/c1-8(2)12-10(6-16(4)15-12)13-5-11-14-9(3)7-17-11/h6-8,13H,5H2,1-4H3. The molecule has 2 heterocycles. The zero-order chi connectivity index (χ0) is 12.4. The van der Waals surface area contributed by atoms with E-state index in [4.69, 9.17) is 0 Å².